The molecule has 0 bridgehead atoms. The maximum Gasteiger partial charge on any atom is 0.231 e. The van der Waals surface area contributed by atoms with Gasteiger partial charge in [0.15, 0.2) is 0 Å². The number of nitrogens with two attached hydrogens (primary N) is 1. The van der Waals surface area contributed by atoms with Crippen molar-refractivity contribution in [1.82, 2.24) is 4.90 Å². The van der Waals surface area contributed by atoms with Crippen molar-refractivity contribution >= 4 is 11.6 Å². The smallest absolute Gasteiger partial charge is 0.231 e. The average molecular weight is 303 g/mol. The average Bonchev–Trinajstić information content (AvgIpc) is 2.56. The highest BCUT2D eigenvalue weighted by Crippen LogP contribution is 2.34. The number of ether oxygens (including phenoxy) is 1. The summed E-state index contributed by atoms with van der Waals surface area (Å²) >= 11 is 0. The summed E-state index contributed by atoms with van der Waals surface area (Å²) in [6.45, 7) is 5.85. The molecule has 1 aromatic carbocycles. The Labute approximate surface area is 132 Å². The normalized spacial score (nSPS) is 21.0. The molecular formula is C17H25N3O2. The lowest BCUT2D eigenvalue weighted by atomic mass is 9.88. The molecule has 2 aliphatic rings. The molecule has 1 amide bonds. The number of carbonyl (C=O) groups is 1. The van der Waals surface area contributed by atoms with Crippen LogP contribution in [0.2, 0.25) is 0 Å². The van der Waals surface area contributed by atoms with E-state index >= 15 is 0 Å². The second-order valence-electron chi connectivity index (χ2n) is 6.17. The lowest BCUT2D eigenvalue weighted by Gasteiger charge is -2.35. The number of benzene rings is 1. The van der Waals surface area contributed by atoms with Crippen LogP contribution in [0.1, 0.15) is 24.3 Å². The molecule has 5 nitrogen and oxygen atoms in total. The van der Waals surface area contributed by atoms with Gasteiger partial charge < -0.3 is 15.4 Å². The third kappa shape index (κ3) is 3.59. The van der Waals surface area contributed by atoms with E-state index in [0.717, 1.165) is 52.2 Å². The van der Waals surface area contributed by atoms with E-state index in [-0.39, 0.29) is 5.91 Å². The number of carbonyl (C=O) groups excluding carboxylic acids is 1. The first-order valence-electron chi connectivity index (χ1n) is 8.16. The number of anilines is 1. The molecule has 0 unspecified atom stereocenters. The molecule has 0 radical (unpaired) electrons. The molecule has 2 fully saturated rings. The highest BCUT2D eigenvalue weighted by Gasteiger charge is 2.25. The minimum absolute atomic E-state index is 0.229. The number of piperidine rings is 1. The molecule has 3 rings (SSSR count). The molecule has 22 heavy (non-hydrogen) atoms. The Morgan fingerprint density at radius 2 is 1.82 bits per heavy atom. The molecule has 0 saturated carbocycles. The van der Waals surface area contributed by atoms with Gasteiger partial charge >= 0.3 is 0 Å². The molecule has 0 aliphatic carbocycles. The van der Waals surface area contributed by atoms with Crippen LogP contribution in [-0.2, 0) is 9.53 Å². The van der Waals surface area contributed by atoms with Crippen molar-refractivity contribution in [2.75, 3.05) is 50.8 Å². The Hall–Kier alpha value is -1.59. The van der Waals surface area contributed by atoms with Crippen molar-refractivity contribution in [3.63, 3.8) is 0 Å². The van der Waals surface area contributed by atoms with Crippen molar-refractivity contribution in [3.05, 3.63) is 29.8 Å². The van der Waals surface area contributed by atoms with Crippen LogP contribution in [0.25, 0.3) is 0 Å². The van der Waals surface area contributed by atoms with Crippen LogP contribution < -0.4 is 10.6 Å². The summed E-state index contributed by atoms with van der Waals surface area (Å²) in [6.07, 6.45) is 2.18. The van der Waals surface area contributed by atoms with Crippen molar-refractivity contribution in [2.24, 2.45) is 5.73 Å². The van der Waals surface area contributed by atoms with Crippen molar-refractivity contribution < 1.29 is 9.53 Å². The van der Waals surface area contributed by atoms with Crippen LogP contribution in [-0.4, -0.2) is 56.7 Å². The highest BCUT2D eigenvalue weighted by atomic mass is 16.5. The summed E-state index contributed by atoms with van der Waals surface area (Å²) in [6, 6.07) is 8.75. The van der Waals surface area contributed by atoms with E-state index in [9.17, 15) is 4.79 Å². The first-order valence-corrected chi connectivity index (χ1v) is 8.16. The van der Waals surface area contributed by atoms with Crippen LogP contribution in [0, 0.1) is 0 Å². The molecule has 5 heteroatoms. The monoisotopic (exact) mass is 303 g/mol. The third-order valence-electron chi connectivity index (χ3n) is 4.70. The fraction of sp³-hybridized carbons (Fsp3) is 0.588. The van der Waals surface area contributed by atoms with Gasteiger partial charge in [0, 0.05) is 18.8 Å². The Morgan fingerprint density at radius 1 is 1.14 bits per heavy atom. The molecule has 0 aromatic heterocycles. The number of nitrogens with zero attached hydrogens (tertiary/aromatic N) is 2. The summed E-state index contributed by atoms with van der Waals surface area (Å²) in [4.78, 5) is 15.6. The van der Waals surface area contributed by atoms with Gasteiger partial charge in [-0.2, -0.15) is 0 Å². The van der Waals surface area contributed by atoms with Gasteiger partial charge in [-0.25, -0.2) is 0 Å². The van der Waals surface area contributed by atoms with Crippen molar-refractivity contribution in [2.45, 2.75) is 18.8 Å². The zero-order valence-corrected chi connectivity index (χ0v) is 13.0. The predicted octanol–water partition coefficient (Wildman–Crippen LogP) is 1.19. The third-order valence-corrected chi connectivity index (χ3v) is 4.70. The number of hydrogen-bond acceptors (Lipinski definition) is 4. The minimum atomic E-state index is -0.229. The Bertz CT molecular complexity index is 506. The number of hydrogen-bond donors (Lipinski definition) is 1. The largest absolute Gasteiger partial charge is 0.378 e. The second-order valence-corrected chi connectivity index (χ2v) is 6.17. The topological polar surface area (TPSA) is 58.8 Å². The van der Waals surface area contributed by atoms with Gasteiger partial charge in [-0.05, 0) is 43.5 Å². The van der Waals surface area contributed by atoms with E-state index < -0.39 is 0 Å². The lowest BCUT2D eigenvalue weighted by molar-refractivity contribution is -0.119. The summed E-state index contributed by atoms with van der Waals surface area (Å²) in [5.41, 5.74) is 8.10. The summed E-state index contributed by atoms with van der Waals surface area (Å²) < 4.78 is 5.47. The summed E-state index contributed by atoms with van der Waals surface area (Å²) in [7, 11) is 0. The molecule has 2 saturated heterocycles. The van der Waals surface area contributed by atoms with Crippen LogP contribution >= 0.6 is 0 Å². The van der Waals surface area contributed by atoms with Gasteiger partial charge in [0.05, 0.1) is 19.8 Å². The summed E-state index contributed by atoms with van der Waals surface area (Å²) in [5, 5.41) is 0. The van der Waals surface area contributed by atoms with Gasteiger partial charge in [0.25, 0.3) is 0 Å². The number of likely N-dealkylation sites (tertiary alicyclic amines) is 1. The zero-order chi connectivity index (χ0) is 15.4. The number of rotatable bonds is 4. The quantitative estimate of drug-likeness (QED) is 0.908. The Balaban J connectivity index is 1.69. The van der Waals surface area contributed by atoms with E-state index in [4.69, 9.17) is 10.5 Å². The molecule has 0 atom stereocenters. The highest BCUT2D eigenvalue weighted by molar-refractivity contribution is 5.75. The molecule has 0 spiro atoms. The van der Waals surface area contributed by atoms with E-state index in [1.165, 1.54) is 11.3 Å². The summed E-state index contributed by atoms with van der Waals surface area (Å²) in [5.74, 6) is 0.343. The second kappa shape index (κ2) is 7.11. The molecule has 120 valence electrons. The Morgan fingerprint density at radius 3 is 2.50 bits per heavy atom. The SMILES string of the molecule is NC(=O)CN1CCC(c2ccccc2N2CCOCC2)CC1. The van der Waals surface area contributed by atoms with Crippen LogP contribution in [0.5, 0.6) is 0 Å². The molecule has 1 aromatic rings. The van der Waals surface area contributed by atoms with Crippen LogP contribution in [0.3, 0.4) is 0 Å². The number of amides is 1. The predicted molar refractivity (Wildman–Crippen MR) is 87.1 cm³/mol. The molecule has 2 aliphatic heterocycles. The molecular weight excluding hydrogens is 278 g/mol. The standard InChI is InChI=1S/C17H25N3O2/c18-17(21)13-19-7-5-14(6-8-19)15-3-1-2-4-16(15)20-9-11-22-12-10-20/h1-4,14H,5-13H2,(H2,18,21). The number of morpholine rings is 1. The van der Waals surface area contributed by atoms with E-state index in [2.05, 4.69) is 34.1 Å². The van der Waals surface area contributed by atoms with E-state index in [1.807, 2.05) is 0 Å². The zero-order valence-electron chi connectivity index (χ0n) is 13.0. The minimum Gasteiger partial charge on any atom is -0.378 e. The Kier molecular flexibility index (Phi) is 4.95. The van der Waals surface area contributed by atoms with E-state index in [0.29, 0.717) is 12.5 Å². The first kappa shape index (κ1) is 15.3. The van der Waals surface area contributed by atoms with Gasteiger partial charge in [0.1, 0.15) is 0 Å². The van der Waals surface area contributed by atoms with Crippen molar-refractivity contribution in [3.8, 4) is 0 Å². The van der Waals surface area contributed by atoms with E-state index in [1.54, 1.807) is 0 Å². The van der Waals surface area contributed by atoms with Crippen molar-refractivity contribution in [1.29, 1.82) is 0 Å². The maximum absolute atomic E-state index is 11.0. The van der Waals surface area contributed by atoms with Crippen LogP contribution in [0.4, 0.5) is 5.69 Å². The molecule has 2 heterocycles. The van der Waals surface area contributed by atoms with Gasteiger partial charge in [0.2, 0.25) is 5.91 Å². The lowest BCUT2D eigenvalue weighted by Crippen LogP contribution is -2.40. The van der Waals surface area contributed by atoms with Crippen LogP contribution in [0.15, 0.2) is 24.3 Å². The first-order chi connectivity index (χ1) is 10.7. The fourth-order valence-corrected chi connectivity index (χ4v) is 3.55. The van der Waals surface area contributed by atoms with Gasteiger partial charge in [-0.15, -0.1) is 0 Å². The maximum atomic E-state index is 11.0. The number of primary amides is 1. The number of para-hydroxylation sites is 1. The molecule has 2 N–H and O–H groups in total. The van der Waals surface area contributed by atoms with Gasteiger partial charge in [-0.1, -0.05) is 18.2 Å². The fourth-order valence-electron chi connectivity index (χ4n) is 3.55. The van der Waals surface area contributed by atoms with Gasteiger partial charge in [-0.3, -0.25) is 9.69 Å².